The van der Waals surface area contributed by atoms with E-state index in [4.69, 9.17) is 14.6 Å². The lowest BCUT2D eigenvalue weighted by molar-refractivity contribution is -0.136. The van der Waals surface area contributed by atoms with Gasteiger partial charge in [0.25, 0.3) is 10.0 Å². The number of ether oxygens (including phenoxy) is 2. The van der Waals surface area contributed by atoms with E-state index >= 15 is 0 Å². The molecule has 0 spiro atoms. The summed E-state index contributed by atoms with van der Waals surface area (Å²) in [5.74, 6) is 0.443. The molecule has 0 bridgehead atoms. The lowest BCUT2D eigenvalue weighted by atomic mass is 10.1. The molecule has 1 heterocycles. The molecule has 3 aromatic rings. The van der Waals surface area contributed by atoms with Crippen molar-refractivity contribution in [3.8, 4) is 11.5 Å². The van der Waals surface area contributed by atoms with Crippen molar-refractivity contribution in [3.05, 3.63) is 77.4 Å². The lowest BCUT2D eigenvalue weighted by Crippen LogP contribution is -2.41. The maximum Gasteiger partial charge on any atom is 0.307 e. The van der Waals surface area contributed by atoms with E-state index in [0.717, 1.165) is 11.4 Å². The molecule has 8 nitrogen and oxygen atoms in total. The smallest absolute Gasteiger partial charge is 0.307 e. The predicted molar refractivity (Wildman–Crippen MR) is 144 cm³/mol. The van der Waals surface area contributed by atoms with Crippen LogP contribution in [0.3, 0.4) is 0 Å². The third-order valence-electron chi connectivity index (χ3n) is 6.35. The Labute approximate surface area is 218 Å². The van der Waals surface area contributed by atoms with Crippen molar-refractivity contribution in [2.24, 2.45) is 0 Å². The van der Waals surface area contributed by atoms with Gasteiger partial charge in [0, 0.05) is 13.6 Å². The minimum absolute atomic E-state index is 0.170. The number of rotatable bonds is 9. The van der Waals surface area contributed by atoms with Gasteiger partial charge in [-0.15, -0.1) is 0 Å². The minimum atomic E-state index is -3.90. The topological polar surface area (TPSA) is 96.4 Å². The third kappa shape index (κ3) is 5.67. The summed E-state index contributed by atoms with van der Waals surface area (Å²) in [6.45, 7) is 6.51. The fourth-order valence-corrected chi connectivity index (χ4v) is 6.33. The Balaban J connectivity index is 1.54. The highest BCUT2D eigenvalue weighted by atomic mass is 32.2. The summed E-state index contributed by atoms with van der Waals surface area (Å²) in [7, 11) is -1.88. The van der Waals surface area contributed by atoms with Crippen LogP contribution in [0, 0.1) is 13.8 Å². The number of aryl methyl sites for hydroxylation is 2. The molecule has 1 atom stereocenters. The molecule has 1 aliphatic rings. The molecule has 196 valence electrons. The highest BCUT2D eigenvalue weighted by Crippen LogP contribution is 2.33. The van der Waals surface area contributed by atoms with E-state index in [1.54, 1.807) is 50.2 Å². The van der Waals surface area contributed by atoms with Gasteiger partial charge in [0.2, 0.25) is 0 Å². The number of carbonyl (C=O) groups is 1. The molecular formula is C28H32N2O6S. The first-order chi connectivity index (χ1) is 17.6. The second-order valence-corrected chi connectivity index (χ2v) is 11.0. The Morgan fingerprint density at radius 1 is 1.11 bits per heavy atom. The van der Waals surface area contributed by atoms with Gasteiger partial charge in [-0.3, -0.25) is 9.10 Å². The van der Waals surface area contributed by atoms with Crippen molar-refractivity contribution in [2.75, 3.05) is 35.9 Å². The number of sulfonamides is 1. The summed E-state index contributed by atoms with van der Waals surface area (Å²) in [5.41, 5.74) is 3.26. The van der Waals surface area contributed by atoms with Gasteiger partial charge in [-0.2, -0.15) is 0 Å². The zero-order valence-electron chi connectivity index (χ0n) is 21.5. The molecular weight excluding hydrogens is 492 g/mol. The average Bonchev–Trinajstić information content (AvgIpc) is 2.84. The Morgan fingerprint density at radius 2 is 1.86 bits per heavy atom. The first-order valence-electron chi connectivity index (χ1n) is 12.1. The summed E-state index contributed by atoms with van der Waals surface area (Å²) >= 11 is 0. The number of nitrogens with zero attached hydrogens (tertiary/aromatic N) is 2. The molecule has 0 aromatic heterocycles. The maximum atomic E-state index is 13.7. The Kier molecular flexibility index (Phi) is 7.63. The summed E-state index contributed by atoms with van der Waals surface area (Å²) in [4.78, 5) is 13.4. The van der Waals surface area contributed by atoms with E-state index in [-0.39, 0.29) is 24.0 Å². The second kappa shape index (κ2) is 10.7. The molecule has 0 unspecified atom stereocenters. The van der Waals surface area contributed by atoms with Crippen molar-refractivity contribution in [3.63, 3.8) is 0 Å². The summed E-state index contributed by atoms with van der Waals surface area (Å²) in [6.07, 6.45) is -0.349. The maximum absolute atomic E-state index is 13.7. The van der Waals surface area contributed by atoms with Crippen molar-refractivity contribution in [1.82, 2.24) is 0 Å². The van der Waals surface area contributed by atoms with Crippen LogP contribution in [0.4, 0.5) is 11.4 Å². The van der Waals surface area contributed by atoms with Crippen LogP contribution in [0.25, 0.3) is 0 Å². The van der Waals surface area contributed by atoms with E-state index in [1.165, 1.54) is 4.31 Å². The summed E-state index contributed by atoms with van der Waals surface area (Å²) < 4.78 is 40.9. The Hall–Kier alpha value is -3.72. The number of fused-ring (bicyclic) bond motifs is 1. The molecule has 3 aromatic carbocycles. The van der Waals surface area contributed by atoms with E-state index in [2.05, 4.69) is 4.90 Å². The molecule has 0 aliphatic carbocycles. The van der Waals surface area contributed by atoms with Gasteiger partial charge in [0.15, 0.2) is 0 Å². The molecule has 1 aliphatic heterocycles. The van der Waals surface area contributed by atoms with Crippen molar-refractivity contribution in [1.29, 1.82) is 0 Å². The van der Waals surface area contributed by atoms with E-state index in [9.17, 15) is 13.2 Å². The summed E-state index contributed by atoms with van der Waals surface area (Å²) in [5, 5.41) is 9.11. The molecule has 9 heteroatoms. The van der Waals surface area contributed by atoms with Crippen LogP contribution in [0.15, 0.2) is 65.6 Å². The van der Waals surface area contributed by atoms with Gasteiger partial charge in [0.05, 0.1) is 29.2 Å². The Morgan fingerprint density at radius 3 is 2.59 bits per heavy atom. The molecule has 0 saturated heterocycles. The molecule has 0 fully saturated rings. The second-order valence-electron chi connectivity index (χ2n) is 9.19. The van der Waals surface area contributed by atoms with Gasteiger partial charge < -0.3 is 19.5 Å². The minimum Gasteiger partial charge on any atom is -0.489 e. The molecule has 4 rings (SSSR count). The lowest BCUT2D eigenvalue weighted by Gasteiger charge is -2.33. The molecule has 0 saturated carbocycles. The quantitative estimate of drug-likeness (QED) is 0.443. The zero-order valence-corrected chi connectivity index (χ0v) is 22.3. The van der Waals surface area contributed by atoms with Crippen LogP contribution >= 0.6 is 0 Å². The van der Waals surface area contributed by atoms with Gasteiger partial charge in [-0.1, -0.05) is 24.3 Å². The predicted octanol–water partition coefficient (Wildman–Crippen LogP) is 4.42. The molecule has 0 amide bonds. The molecule has 37 heavy (non-hydrogen) atoms. The van der Waals surface area contributed by atoms with Gasteiger partial charge in [-0.25, -0.2) is 8.42 Å². The molecule has 1 N–H and O–H groups in total. The molecule has 0 radical (unpaired) electrons. The first-order valence-corrected chi connectivity index (χ1v) is 13.6. The number of para-hydroxylation sites is 2. The first kappa shape index (κ1) is 26.3. The van der Waals surface area contributed by atoms with Crippen LogP contribution in [-0.4, -0.2) is 52.3 Å². The number of carboxylic acid groups (broad SMARTS) is 1. The number of benzene rings is 3. The number of anilines is 2. The normalized spacial score (nSPS) is 15.0. The number of likely N-dealkylation sites (N-methyl/N-ethyl adjacent to an activating group) is 1. The highest BCUT2D eigenvalue weighted by molar-refractivity contribution is 7.92. The van der Waals surface area contributed by atoms with E-state index in [1.807, 2.05) is 38.2 Å². The van der Waals surface area contributed by atoms with Crippen LogP contribution in [0.2, 0.25) is 0 Å². The standard InChI is InChI=1S/C28H32N2O6S/c1-5-30(22-10-8-9-21(15-22)16-28(31)32)37(33,34)27-14-19(2)26(13-20(27)3)35-18-23-17-29(4)24-11-6-7-12-25(24)36-23/h6-15,23H,5,16-18H2,1-4H3,(H,31,32)/t23-/m0/s1. The largest absolute Gasteiger partial charge is 0.489 e. The van der Waals surface area contributed by atoms with Crippen LogP contribution in [0.1, 0.15) is 23.6 Å². The SMILES string of the molecule is CCN(c1cccc(CC(=O)O)c1)S(=O)(=O)c1cc(C)c(OC[C@@H]2CN(C)c3ccccc3O2)cc1C. The number of hydrogen-bond donors (Lipinski definition) is 1. The van der Waals surface area contributed by atoms with Gasteiger partial charge in [0.1, 0.15) is 24.2 Å². The monoisotopic (exact) mass is 524 g/mol. The van der Waals surface area contributed by atoms with E-state index in [0.29, 0.717) is 41.3 Å². The summed E-state index contributed by atoms with van der Waals surface area (Å²) in [6, 6.07) is 17.9. The van der Waals surface area contributed by atoms with E-state index < -0.39 is 16.0 Å². The number of aliphatic carboxylic acids is 1. The van der Waals surface area contributed by atoms with Gasteiger partial charge in [-0.05, 0) is 73.9 Å². The third-order valence-corrected chi connectivity index (χ3v) is 8.40. The van der Waals surface area contributed by atoms with Crippen molar-refractivity contribution >= 4 is 27.4 Å². The van der Waals surface area contributed by atoms with Gasteiger partial charge >= 0.3 is 5.97 Å². The van der Waals surface area contributed by atoms with Crippen molar-refractivity contribution in [2.45, 2.75) is 38.2 Å². The number of hydrogen-bond acceptors (Lipinski definition) is 6. The average molecular weight is 525 g/mol. The van der Waals surface area contributed by atoms with Crippen LogP contribution in [-0.2, 0) is 21.2 Å². The zero-order chi connectivity index (χ0) is 26.7. The van der Waals surface area contributed by atoms with Crippen molar-refractivity contribution < 1.29 is 27.8 Å². The fraction of sp³-hybridized carbons (Fsp3) is 0.321. The van der Waals surface area contributed by atoms with Crippen LogP contribution in [0.5, 0.6) is 11.5 Å². The Bertz CT molecular complexity index is 1410. The fourth-order valence-electron chi connectivity index (χ4n) is 4.57. The number of carboxylic acids is 1. The highest BCUT2D eigenvalue weighted by Gasteiger charge is 2.28. The van der Waals surface area contributed by atoms with Crippen LogP contribution < -0.4 is 18.7 Å².